The van der Waals surface area contributed by atoms with Crippen molar-refractivity contribution in [3.05, 3.63) is 54.1 Å². The van der Waals surface area contributed by atoms with Crippen LogP contribution in [0.15, 0.2) is 53.4 Å². The predicted octanol–water partition coefficient (Wildman–Crippen LogP) is 2.32. The minimum absolute atomic E-state index is 0.0595. The molecular formula is C16H13N3O4S. The molecule has 0 spiro atoms. The van der Waals surface area contributed by atoms with Crippen LogP contribution >= 0.6 is 0 Å². The Bertz CT molecular complexity index is 934. The van der Waals surface area contributed by atoms with Crippen LogP contribution in [-0.2, 0) is 14.8 Å². The minimum atomic E-state index is -3.92. The molecule has 0 bridgehead atoms. The highest BCUT2D eigenvalue weighted by molar-refractivity contribution is 7.92. The van der Waals surface area contributed by atoms with Crippen molar-refractivity contribution in [2.75, 3.05) is 22.8 Å². The molecule has 3 rings (SSSR count). The van der Waals surface area contributed by atoms with Crippen LogP contribution in [0.1, 0.15) is 5.56 Å². The third-order valence-electron chi connectivity index (χ3n) is 3.47. The molecule has 122 valence electrons. The minimum Gasteiger partial charge on any atom is -0.447 e. The van der Waals surface area contributed by atoms with Crippen molar-refractivity contribution in [1.82, 2.24) is 0 Å². The van der Waals surface area contributed by atoms with Crippen LogP contribution in [0.2, 0.25) is 0 Å². The van der Waals surface area contributed by atoms with Crippen molar-refractivity contribution in [1.29, 1.82) is 5.26 Å². The Balaban J connectivity index is 1.91. The van der Waals surface area contributed by atoms with Crippen molar-refractivity contribution in [3.63, 3.8) is 0 Å². The van der Waals surface area contributed by atoms with E-state index in [-0.39, 0.29) is 10.5 Å². The summed E-state index contributed by atoms with van der Waals surface area (Å²) in [6.07, 6.45) is -0.468. The van der Waals surface area contributed by atoms with E-state index in [2.05, 4.69) is 4.72 Å². The van der Waals surface area contributed by atoms with Gasteiger partial charge in [0.1, 0.15) is 17.6 Å². The second kappa shape index (κ2) is 6.22. The van der Waals surface area contributed by atoms with Gasteiger partial charge in [-0.05, 0) is 30.3 Å². The second-order valence-electron chi connectivity index (χ2n) is 5.03. The van der Waals surface area contributed by atoms with Crippen molar-refractivity contribution in [2.45, 2.75) is 4.90 Å². The van der Waals surface area contributed by atoms with Crippen molar-refractivity contribution in [2.24, 2.45) is 0 Å². The third kappa shape index (κ3) is 3.02. The summed E-state index contributed by atoms with van der Waals surface area (Å²) in [5.41, 5.74) is 0.885. The highest BCUT2D eigenvalue weighted by Gasteiger charge is 2.24. The highest BCUT2D eigenvalue weighted by Crippen LogP contribution is 2.25. The predicted molar refractivity (Wildman–Crippen MR) is 87.1 cm³/mol. The summed E-state index contributed by atoms with van der Waals surface area (Å²) in [6, 6.07) is 14.2. The van der Waals surface area contributed by atoms with Gasteiger partial charge >= 0.3 is 6.09 Å². The lowest BCUT2D eigenvalue weighted by molar-refractivity contribution is 0.181. The largest absolute Gasteiger partial charge is 0.447 e. The number of anilines is 2. The summed E-state index contributed by atoms with van der Waals surface area (Å²) < 4.78 is 32.3. The van der Waals surface area contributed by atoms with Crippen LogP contribution in [-0.4, -0.2) is 27.7 Å². The van der Waals surface area contributed by atoms with Gasteiger partial charge in [0.15, 0.2) is 0 Å². The molecule has 1 fully saturated rings. The summed E-state index contributed by atoms with van der Waals surface area (Å²) in [4.78, 5) is 12.9. The van der Waals surface area contributed by atoms with Crippen molar-refractivity contribution < 1.29 is 17.9 Å². The van der Waals surface area contributed by atoms with Crippen LogP contribution in [0, 0.1) is 11.3 Å². The fourth-order valence-corrected chi connectivity index (χ4v) is 3.58. The van der Waals surface area contributed by atoms with E-state index in [1.165, 1.54) is 17.0 Å². The Labute approximate surface area is 139 Å². The number of carbonyl (C=O) groups is 1. The Morgan fingerprint density at radius 2 is 1.96 bits per heavy atom. The average molecular weight is 343 g/mol. The number of nitriles is 1. The number of ether oxygens (including phenoxy) is 1. The molecule has 1 saturated heterocycles. The molecule has 24 heavy (non-hydrogen) atoms. The van der Waals surface area contributed by atoms with Gasteiger partial charge in [-0.15, -0.1) is 0 Å². The zero-order chi connectivity index (χ0) is 17.2. The number of nitrogens with one attached hydrogen (secondary N) is 1. The van der Waals surface area contributed by atoms with E-state index in [1.807, 2.05) is 6.07 Å². The number of benzene rings is 2. The van der Waals surface area contributed by atoms with Gasteiger partial charge in [-0.2, -0.15) is 5.26 Å². The van der Waals surface area contributed by atoms with E-state index >= 15 is 0 Å². The molecule has 0 unspecified atom stereocenters. The lowest BCUT2D eigenvalue weighted by Crippen LogP contribution is -2.23. The fourth-order valence-electron chi connectivity index (χ4n) is 2.37. The standard InChI is InChI=1S/C16H13N3O4S/c17-11-12-4-1-2-7-15(12)24(21,22)18-13-5-3-6-14(10-13)19-8-9-23-16(19)20/h1-7,10,18H,8-9H2. The van der Waals surface area contributed by atoms with Crippen molar-refractivity contribution >= 4 is 27.5 Å². The maximum Gasteiger partial charge on any atom is 0.414 e. The Morgan fingerprint density at radius 3 is 2.67 bits per heavy atom. The molecule has 0 saturated carbocycles. The Morgan fingerprint density at radius 1 is 1.17 bits per heavy atom. The van der Waals surface area contributed by atoms with Gasteiger partial charge in [0.05, 0.1) is 17.8 Å². The first-order chi connectivity index (χ1) is 11.5. The molecule has 1 heterocycles. The summed E-state index contributed by atoms with van der Waals surface area (Å²) in [5, 5.41) is 9.06. The van der Waals surface area contributed by atoms with Gasteiger partial charge in [-0.25, -0.2) is 13.2 Å². The summed E-state index contributed by atoms with van der Waals surface area (Å²) in [5.74, 6) is 0. The van der Waals surface area contributed by atoms with Gasteiger partial charge < -0.3 is 4.74 Å². The first kappa shape index (κ1) is 15.8. The second-order valence-corrected chi connectivity index (χ2v) is 6.68. The SMILES string of the molecule is N#Cc1ccccc1S(=O)(=O)Nc1cccc(N2CCOC2=O)c1. The number of amides is 1. The van der Waals surface area contributed by atoms with Crippen LogP contribution in [0.4, 0.5) is 16.2 Å². The van der Waals surface area contributed by atoms with E-state index < -0.39 is 16.1 Å². The Kier molecular flexibility index (Phi) is 4.10. The fraction of sp³-hybridized carbons (Fsp3) is 0.125. The monoisotopic (exact) mass is 343 g/mol. The molecule has 7 nitrogen and oxygen atoms in total. The number of rotatable bonds is 4. The molecule has 1 N–H and O–H groups in total. The van der Waals surface area contributed by atoms with Crippen LogP contribution in [0.25, 0.3) is 0 Å². The lowest BCUT2D eigenvalue weighted by Gasteiger charge is -2.15. The molecule has 2 aromatic rings. The number of nitrogens with zero attached hydrogens (tertiary/aromatic N) is 2. The smallest absolute Gasteiger partial charge is 0.414 e. The molecule has 8 heteroatoms. The third-order valence-corrected chi connectivity index (χ3v) is 4.91. The van der Waals surface area contributed by atoms with Crippen LogP contribution < -0.4 is 9.62 Å². The maximum atomic E-state index is 12.5. The molecule has 0 atom stereocenters. The van der Waals surface area contributed by atoms with E-state index in [9.17, 15) is 13.2 Å². The average Bonchev–Trinajstić information content (AvgIpc) is 3.01. The van der Waals surface area contributed by atoms with Crippen LogP contribution in [0.5, 0.6) is 0 Å². The highest BCUT2D eigenvalue weighted by atomic mass is 32.2. The molecule has 0 radical (unpaired) electrons. The number of sulfonamides is 1. The number of hydrogen-bond acceptors (Lipinski definition) is 5. The molecule has 1 amide bonds. The summed E-state index contributed by atoms with van der Waals surface area (Å²) >= 11 is 0. The zero-order valence-electron chi connectivity index (χ0n) is 12.5. The molecule has 0 aromatic heterocycles. The molecule has 1 aliphatic rings. The molecule has 0 aliphatic carbocycles. The maximum absolute atomic E-state index is 12.5. The molecular weight excluding hydrogens is 330 g/mol. The zero-order valence-corrected chi connectivity index (χ0v) is 13.3. The summed E-state index contributed by atoms with van der Waals surface area (Å²) in [6.45, 7) is 0.705. The van der Waals surface area contributed by atoms with E-state index in [0.717, 1.165) is 0 Å². The van der Waals surface area contributed by atoms with E-state index in [0.29, 0.717) is 24.5 Å². The van der Waals surface area contributed by atoms with Gasteiger partial charge in [0, 0.05) is 5.69 Å². The normalized spacial score (nSPS) is 14.1. The van der Waals surface area contributed by atoms with Crippen molar-refractivity contribution in [3.8, 4) is 6.07 Å². The number of carbonyl (C=O) groups excluding carboxylic acids is 1. The van der Waals surface area contributed by atoms with Gasteiger partial charge in [0.2, 0.25) is 0 Å². The van der Waals surface area contributed by atoms with E-state index in [4.69, 9.17) is 10.00 Å². The first-order valence-corrected chi connectivity index (χ1v) is 8.56. The first-order valence-electron chi connectivity index (χ1n) is 7.07. The van der Waals surface area contributed by atoms with Crippen LogP contribution in [0.3, 0.4) is 0 Å². The lowest BCUT2D eigenvalue weighted by atomic mass is 10.2. The summed E-state index contributed by atoms with van der Waals surface area (Å²) in [7, 11) is -3.92. The molecule has 2 aromatic carbocycles. The quantitative estimate of drug-likeness (QED) is 0.918. The van der Waals surface area contributed by atoms with Gasteiger partial charge in [0.25, 0.3) is 10.0 Å². The van der Waals surface area contributed by atoms with Gasteiger partial charge in [-0.3, -0.25) is 9.62 Å². The number of cyclic esters (lactones) is 1. The molecule has 1 aliphatic heterocycles. The van der Waals surface area contributed by atoms with Gasteiger partial charge in [-0.1, -0.05) is 18.2 Å². The van der Waals surface area contributed by atoms with E-state index in [1.54, 1.807) is 36.4 Å². The topological polar surface area (TPSA) is 99.5 Å². The Hall–Kier alpha value is -3.05. The number of hydrogen-bond donors (Lipinski definition) is 1.